The largest absolute Gasteiger partial charge is 0.480 e. The van der Waals surface area contributed by atoms with Crippen molar-refractivity contribution in [3.63, 3.8) is 0 Å². The van der Waals surface area contributed by atoms with Crippen molar-refractivity contribution in [2.24, 2.45) is 0 Å². The monoisotopic (exact) mass is 222 g/mol. The van der Waals surface area contributed by atoms with Crippen molar-refractivity contribution in [1.82, 2.24) is 0 Å². The van der Waals surface area contributed by atoms with Crippen LogP contribution >= 0.6 is 0 Å². The Balaban J connectivity index is 2.32. The van der Waals surface area contributed by atoms with Gasteiger partial charge in [0.2, 0.25) is 0 Å². The summed E-state index contributed by atoms with van der Waals surface area (Å²) in [5, 5.41) is 36.1. The number of hydrogen-bond donors (Lipinski definition) is 4. The van der Waals surface area contributed by atoms with E-state index in [9.17, 15) is 15.0 Å². The van der Waals surface area contributed by atoms with Gasteiger partial charge in [-0.05, 0) is 0 Å². The molecule has 0 saturated carbocycles. The molecule has 0 aliphatic carbocycles. The summed E-state index contributed by atoms with van der Waals surface area (Å²) >= 11 is 0. The molecule has 0 aromatic rings. The Morgan fingerprint density at radius 2 is 2.00 bits per heavy atom. The Morgan fingerprint density at radius 1 is 1.33 bits per heavy atom. The zero-order chi connectivity index (χ0) is 11.4. The average Bonchev–Trinajstić information content (AvgIpc) is 2.18. The van der Waals surface area contributed by atoms with Gasteiger partial charge in [0.05, 0.1) is 13.2 Å². The zero-order valence-electron chi connectivity index (χ0n) is 7.94. The summed E-state index contributed by atoms with van der Waals surface area (Å²) in [5.74, 6) is -1.12. The molecule has 7 nitrogen and oxygen atoms in total. The summed E-state index contributed by atoms with van der Waals surface area (Å²) in [5.41, 5.74) is 0. The second-order valence-corrected chi connectivity index (χ2v) is 3.33. The number of aliphatic carboxylic acids is 1. The van der Waals surface area contributed by atoms with Crippen molar-refractivity contribution in [2.75, 3.05) is 19.8 Å². The van der Waals surface area contributed by atoms with E-state index < -0.39 is 37.0 Å². The van der Waals surface area contributed by atoms with E-state index in [-0.39, 0.29) is 13.2 Å². The lowest BCUT2D eigenvalue weighted by molar-refractivity contribution is -0.200. The van der Waals surface area contributed by atoms with Crippen LogP contribution in [0.5, 0.6) is 0 Å². The molecule has 4 atom stereocenters. The lowest BCUT2D eigenvalue weighted by Crippen LogP contribution is -2.54. The van der Waals surface area contributed by atoms with Crippen LogP contribution in [0.25, 0.3) is 0 Å². The van der Waals surface area contributed by atoms with Crippen molar-refractivity contribution in [2.45, 2.75) is 24.4 Å². The van der Waals surface area contributed by atoms with Crippen molar-refractivity contribution in [3.8, 4) is 0 Å². The Kier molecular flexibility index (Phi) is 4.43. The number of carbonyl (C=O) groups is 1. The number of hydrogen-bond acceptors (Lipinski definition) is 6. The fraction of sp³-hybridized carbons (Fsp3) is 0.875. The summed E-state index contributed by atoms with van der Waals surface area (Å²) in [7, 11) is 0. The van der Waals surface area contributed by atoms with Crippen LogP contribution in [0.15, 0.2) is 0 Å². The number of aliphatic hydroxyl groups is 3. The molecule has 0 spiro atoms. The van der Waals surface area contributed by atoms with E-state index in [4.69, 9.17) is 19.7 Å². The van der Waals surface area contributed by atoms with Crippen LogP contribution in [0.1, 0.15) is 0 Å². The molecular formula is C8H14O7. The Morgan fingerprint density at radius 3 is 2.60 bits per heavy atom. The number of rotatable bonds is 4. The fourth-order valence-electron chi connectivity index (χ4n) is 1.28. The van der Waals surface area contributed by atoms with E-state index in [1.165, 1.54) is 0 Å². The molecular weight excluding hydrogens is 208 g/mol. The minimum absolute atomic E-state index is 0.112. The van der Waals surface area contributed by atoms with Gasteiger partial charge in [0.25, 0.3) is 0 Å². The van der Waals surface area contributed by atoms with Crippen LogP contribution < -0.4 is 0 Å². The lowest BCUT2D eigenvalue weighted by Gasteiger charge is -2.34. The van der Waals surface area contributed by atoms with Gasteiger partial charge >= 0.3 is 5.97 Å². The number of ether oxygens (including phenoxy) is 2. The first-order chi connectivity index (χ1) is 7.02. The van der Waals surface area contributed by atoms with Gasteiger partial charge in [0.15, 0.2) is 0 Å². The molecule has 0 unspecified atom stereocenters. The van der Waals surface area contributed by atoms with E-state index in [0.717, 1.165) is 0 Å². The summed E-state index contributed by atoms with van der Waals surface area (Å²) < 4.78 is 9.69. The highest BCUT2D eigenvalue weighted by Gasteiger charge is 2.37. The maximum Gasteiger partial charge on any atom is 0.329 e. The van der Waals surface area contributed by atoms with Gasteiger partial charge in [-0.3, -0.25) is 0 Å². The molecule has 0 aromatic heterocycles. The third kappa shape index (κ3) is 3.40. The molecule has 15 heavy (non-hydrogen) atoms. The quantitative estimate of drug-likeness (QED) is 0.418. The van der Waals surface area contributed by atoms with Crippen LogP contribution in [-0.2, 0) is 14.3 Å². The molecule has 1 rings (SSSR count). The summed E-state index contributed by atoms with van der Waals surface area (Å²) in [6.07, 6.45) is -4.52. The standard InChI is InChI=1S/C8H14O7/c9-4-1-15-5(8(13)7(4)12)2-14-3-6(10)11/h4-5,7-9,12-13H,1-3H2,(H,10,11)/t4-,5+,7+,8-/m0/s1. The van der Waals surface area contributed by atoms with Gasteiger partial charge in [-0.2, -0.15) is 0 Å². The second kappa shape index (κ2) is 5.38. The first-order valence-electron chi connectivity index (χ1n) is 4.47. The molecule has 1 aliphatic heterocycles. The van der Waals surface area contributed by atoms with Crippen molar-refractivity contribution in [1.29, 1.82) is 0 Å². The summed E-state index contributed by atoms with van der Waals surface area (Å²) in [4.78, 5) is 10.1. The molecule has 7 heteroatoms. The zero-order valence-corrected chi connectivity index (χ0v) is 7.94. The van der Waals surface area contributed by atoms with Gasteiger partial charge < -0.3 is 29.9 Å². The van der Waals surface area contributed by atoms with E-state index >= 15 is 0 Å². The highest BCUT2D eigenvalue weighted by Crippen LogP contribution is 2.15. The third-order valence-corrected chi connectivity index (χ3v) is 2.11. The summed E-state index contributed by atoms with van der Waals surface area (Å²) in [6.45, 7) is -0.748. The molecule has 1 heterocycles. The van der Waals surface area contributed by atoms with Gasteiger partial charge in [-0.15, -0.1) is 0 Å². The van der Waals surface area contributed by atoms with Crippen molar-refractivity contribution < 1.29 is 34.7 Å². The predicted molar refractivity (Wildman–Crippen MR) is 46.2 cm³/mol. The Hall–Kier alpha value is -0.730. The van der Waals surface area contributed by atoms with Crippen LogP contribution in [0.2, 0.25) is 0 Å². The normalized spacial score (nSPS) is 36.5. The van der Waals surface area contributed by atoms with Gasteiger partial charge in [0, 0.05) is 0 Å². The first kappa shape index (κ1) is 12.3. The van der Waals surface area contributed by atoms with Gasteiger partial charge in [0.1, 0.15) is 31.0 Å². The van der Waals surface area contributed by atoms with Crippen molar-refractivity contribution in [3.05, 3.63) is 0 Å². The first-order valence-corrected chi connectivity index (χ1v) is 4.47. The van der Waals surface area contributed by atoms with Crippen LogP contribution in [-0.4, -0.2) is 70.6 Å². The Bertz CT molecular complexity index is 219. The predicted octanol–water partition coefficient (Wildman–Crippen LogP) is -2.43. The van der Waals surface area contributed by atoms with Crippen LogP contribution in [0, 0.1) is 0 Å². The SMILES string of the molecule is O=C(O)COC[C@H]1OC[C@H](O)[C@@H](O)[C@H]1O. The molecule has 0 aromatic carbocycles. The molecule has 0 radical (unpaired) electrons. The second-order valence-electron chi connectivity index (χ2n) is 3.33. The van der Waals surface area contributed by atoms with Crippen molar-refractivity contribution >= 4 is 5.97 Å². The maximum atomic E-state index is 10.1. The molecule has 1 saturated heterocycles. The highest BCUT2D eigenvalue weighted by molar-refractivity contribution is 5.67. The average molecular weight is 222 g/mol. The van der Waals surface area contributed by atoms with Gasteiger partial charge in [-0.25, -0.2) is 4.79 Å². The van der Waals surface area contributed by atoms with Gasteiger partial charge in [-0.1, -0.05) is 0 Å². The smallest absolute Gasteiger partial charge is 0.329 e. The Labute approximate surface area is 85.9 Å². The molecule has 88 valence electrons. The van der Waals surface area contributed by atoms with Crippen LogP contribution in [0.4, 0.5) is 0 Å². The maximum absolute atomic E-state index is 10.1. The topological polar surface area (TPSA) is 116 Å². The number of carboxylic acids is 1. The molecule has 0 bridgehead atoms. The third-order valence-electron chi connectivity index (χ3n) is 2.11. The summed E-state index contributed by atoms with van der Waals surface area (Å²) in [6, 6.07) is 0. The molecule has 0 amide bonds. The van der Waals surface area contributed by atoms with E-state index in [2.05, 4.69) is 0 Å². The van der Waals surface area contributed by atoms with Crippen LogP contribution in [0.3, 0.4) is 0 Å². The minimum Gasteiger partial charge on any atom is -0.480 e. The van der Waals surface area contributed by atoms with E-state index in [0.29, 0.717) is 0 Å². The molecule has 1 aliphatic rings. The number of carboxylic acid groups (broad SMARTS) is 1. The highest BCUT2D eigenvalue weighted by atomic mass is 16.6. The lowest BCUT2D eigenvalue weighted by atomic mass is 10.0. The fourth-order valence-corrected chi connectivity index (χ4v) is 1.28. The van der Waals surface area contributed by atoms with E-state index in [1.54, 1.807) is 0 Å². The molecule has 1 fully saturated rings. The minimum atomic E-state index is -1.29. The number of aliphatic hydroxyl groups excluding tert-OH is 3. The van der Waals surface area contributed by atoms with E-state index in [1.807, 2.05) is 0 Å². The molecule has 4 N–H and O–H groups in total.